The van der Waals surface area contributed by atoms with Gasteiger partial charge >= 0.3 is 0 Å². The van der Waals surface area contributed by atoms with E-state index in [9.17, 15) is 0 Å². The number of anilines is 4. The normalized spacial score (nSPS) is 17.0. The van der Waals surface area contributed by atoms with Crippen molar-refractivity contribution in [2.24, 2.45) is 0 Å². The Morgan fingerprint density at radius 2 is 1.34 bits per heavy atom. The van der Waals surface area contributed by atoms with Gasteiger partial charge in [0.25, 0.3) is 0 Å². The van der Waals surface area contributed by atoms with E-state index in [4.69, 9.17) is 19.8 Å². The van der Waals surface area contributed by atoms with Crippen LogP contribution in [0.15, 0.2) is 316 Å². The van der Waals surface area contributed by atoms with Gasteiger partial charge in [-0.25, -0.2) is 0 Å². The first-order valence-electron chi connectivity index (χ1n) is 31.7. The van der Waals surface area contributed by atoms with E-state index in [-0.39, 0.29) is 18.2 Å². The van der Waals surface area contributed by atoms with Gasteiger partial charge in [0.05, 0.1) is 6.04 Å². The lowest BCUT2D eigenvalue weighted by Gasteiger charge is -2.50. The van der Waals surface area contributed by atoms with Gasteiger partial charge in [0.15, 0.2) is 0 Å². The highest BCUT2D eigenvalue weighted by Crippen LogP contribution is 2.53. The Bertz CT molecular complexity index is 5230. The molecule has 0 saturated heterocycles. The van der Waals surface area contributed by atoms with Gasteiger partial charge in [0, 0.05) is 97.3 Å². The fraction of sp³-hybridized carbons (Fsp3) is 0.0952. The molecule has 0 amide bonds. The summed E-state index contributed by atoms with van der Waals surface area (Å²) in [6, 6.07) is 74.5. The minimum Gasteiger partial charge on any atom is -0.460 e. The van der Waals surface area contributed by atoms with Crippen LogP contribution < -0.4 is 20.2 Å². The van der Waals surface area contributed by atoms with Gasteiger partial charge in [-0.05, 0) is 165 Å². The molecular weight excluding hydrogens is 1110 g/mol. The maximum Gasteiger partial charge on any atom is 0.239 e. The monoisotopic (exact) mass is 1170 g/mol. The van der Waals surface area contributed by atoms with E-state index in [1.54, 1.807) is 0 Å². The van der Waals surface area contributed by atoms with Gasteiger partial charge in [0.1, 0.15) is 34.2 Å². The van der Waals surface area contributed by atoms with Crippen LogP contribution in [0.5, 0.6) is 0 Å². The van der Waals surface area contributed by atoms with Gasteiger partial charge in [-0.2, -0.15) is 0 Å². The third-order valence-corrected chi connectivity index (χ3v) is 19.6. The molecule has 2 aliphatic heterocycles. The SMILES string of the molecule is C=C/C=C\C1=CB2C3=C(C=C(N(/C=C/C=C4\C(=C)C(C)(C)c5ccc6ccccc6c54)c4ccc5cc(-c6cc7c(o6)CCC=C7)ccc5c4)CC3N1c1ccccc1C)N(c1cccc(-c3cc4ccccc4o3)c1)c1cc(-c3cc4ccccc4o3)ccc12. The number of fused-ring (bicyclic) bond motifs is 9. The predicted molar refractivity (Wildman–Crippen MR) is 380 cm³/mol. The molecule has 0 bridgehead atoms. The smallest absolute Gasteiger partial charge is 0.239 e. The summed E-state index contributed by atoms with van der Waals surface area (Å²) in [7, 11) is 0. The Balaban J connectivity index is 0.901. The highest BCUT2D eigenvalue weighted by molar-refractivity contribution is 6.86. The lowest BCUT2D eigenvalue weighted by atomic mass is 9.35. The first kappa shape index (κ1) is 54.2. The Labute approximate surface area is 530 Å². The molecule has 1 unspecified atom stereocenters. The third-order valence-electron chi connectivity index (χ3n) is 19.6. The Hall–Kier alpha value is -11.0. The standard InChI is InChI=1S/C84H64BN3O3/c1-6-7-26-66-52-85-71-41-38-63(81-49-61-24-12-17-33-78(61)91-81)46-73(71)87(65-27-18-25-58(45-65)79-47-59-22-10-15-31-76(59)89-79)74-50-67(51-75(83(74)85)88(66)72-30-14-8-20-53(72)2)86(42-19-29-68-54(3)84(4,5)70-40-37-55-21-9-13-28-69(55)82(68)70)64-39-36-56-43-62(35-34-57(56)44-64)80-48-60-23-11-16-32-77(60)90-80/h6-15,17-31,33-50,52,75H,1,3,16,32,51H2,2,4-5H3/b26-7-,42-19+,68-29+. The number of hydrogen-bond donors (Lipinski definition) is 0. The maximum atomic E-state index is 6.70. The molecule has 3 aromatic heterocycles. The van der Waals surface area contributed by atoms with Crippen molar-refractivity contribution in [1.82, 2.24) is 0 Å². The van der Waals surface area contributed by atoms with E-state index >= 15 is 0 Å². The largest absolute Gasteiger partial charge is 0.460 e. The van der Waals surface area contributed by atoms with Crippen LogP contribution in [0.2, 0.25) is 0 Å². The molecule has 0 saturated carbocycles. The molecule has 1 atom stereocenters. The molecule has 91 heavy (non-hydrogen) atoms. The first-order chi connectivity index (χ1) is 44.6. The van der Waals surface area contributed by atoms with Gasteiger partial charge in [-0.1, -0.05) is 197 Å². The van der Waals surface area contributed by atoms with E-state index in [2.05, 4.69) is 279 Å². The number of hydrogen-bond acceptors (Lipinski definition) is 6. The lowest BCUT2D eigenvalue weighted by molar-refractivity contribution is 0.520. The van der Waals surface area contributed by atoms with Gasteiger partial charge in [-0.15, -0.1) is 0 Å². The molecule has 7 heteroatoms. The molecule has 5 aliphatic rings. The Kier molecular flexibility index (Phi) is 12.7. The van der Waals surface area contributed by atoms with Crippen LogP contribution in [-0.2, 0) is 11.8 Å². The molecule has 0 radical (unpaired) electrons. The molecule has 436 valence electrons. The van der Waals surface area contributed by atoms with Crippen molar-refractivity contribution < 1.29 is 13.3 Å². The minimum absolute atomic E-state index is 0.0944. The van der Waals surface area contributed by atoms with Crippen LogP contribution in [0.1, 0.15) is 54.7 Å². The number of rotatable bonds is 11. The summed E-state index contributed by atoms with van der Waals surface area (Å²) >= 11 is 0. The Morgan fingerprint density at radius 1 is 0.637 bits per heavy atom. The number of furan rings is 3. The number of aryl methyl sites for hydroxylation is 2. The molecule has 5 heterocycles. The second kappa shape index (κ2) is 21.4. The van der Waals surface area contributed by atoms with Crippen molar-refractivity contribution in [3.8, 4) is 34.0 Å². The summed E-state index contributed by atoms with van der Waals surface area (Å²) in [5, 5.41) is 6.85. The van der Waals surface area contributed by atoms with Crippen LogP contribution in [-0.4, -0.2) is 12.8 Å². The average molecular weight is 1170 g/mol. The van der Waals surface area contributed by atoms with Crippen molar-refractivity contribution in [2.45, 2.75) is 51.5 Å². The van der Waals surface area contributed by atoms with Crippen LogP contribution >= 0.6 is 0 Å². The summed E-state index contributed by atoms with van der Waals surface area (Å²) in [6.07, 6.45) is 22.5. The number of nitrogens with zero attached hydrogens (tertiary/aromatic N) is 3. The number of benzene rings is 9. The van der Waals surface area contributed by atoms with Crippen molar-refractivity contribution in [3.63, 3.8) is 0 Å². The second-order valence-electron chi connectivity index (χ2n) is 25.3. The second-order valence-corrected chi connectivity index (χ2v) is 25.3. The first-order valence-corrected chi connectivity index (χ1v) is 31.7. The van der Waals surface area contributed by atoms with Crippen LogP contribution in [0, 0.1) is 6.92 Å². The van der Waals surface area contributed by atoms with Crippen molar-refractivity contribution in [1.29, 1.82) is 0 Å². The molecular formula is C84H64BN3O3. The zero-order valence-electron chi connectivity index (χ0n) is 51.2. The fourth-order valence-corrected chi connectivity index (χ4v) is 14.9. The zero-order valence-corrected chi connectivity index (χ0v) is 51.2. The third kappa shape index (κ3) is 9.01. The molecule has 0 fully saturated rings. The van der Waals surface area contributed by atoms with Crippen molar-refractivity contribution >= 4 is 90.1 Å². The van der Waals surface area contributed by atoms with E-state index in [0.29, 0.717) is 6.42 Å². The zero-order chi connectivity index (χ0) is 61.1. The van der Waals surface area contributed by atoms with Crippen LogP contribution in [0.4, 0.5) is 22.7 Å². The summed E-state index contributed by atoms with van der Waals surface area (Å²) in [4.78, 5) is 7.55. The van der Waals surface area contributed by atoms with Crippen LogP contribution in [0.3, 0.4) is 0 Å². The van der Waals surface area contributed by atoms with Gasteiger partial charge in [-0.3, -0.25) is 0 Å². The molecule has 17 rings (SSSR count). The number of para-hydroxylation sites is 3. The number of allylic oxidation sites excluding steroid dienone is 9. The average Bonchev–Trinajstić information content (AvgIpc) is 1.41. The highest BCUT2D eigenvalue weighted by atomic mass is 16.3. The molecule has 0 spiro atoms. The summed E-state index contributed by atoms with van der Waals surface area (Å²) in [6.45, 7) is 15.8. The predicted octanol–water partition coefficient (Wildman–Crippen LogP) is 21.3. The molecule has 3 aliphatic carbocycles. The summed E-state index contributed by atoms with van der Waals surface area (Å²) < 4.78 is 19.9. The maximum absolute atomic E-state index is 6.70. The van der Waals surface area contributed by atoms with Crippen molar-refractivity contribution in [2.75, 3.05) is 14.7 Å². The molecule has 0 N–H and O–H groups in total. The van der Waals surface area contributed by atoms with Crippen LogP contribution in [0.25, 0.3) is 89.1 Å². The van der Waals surface area contributed by atoms with E-state index in [0.717, 1.165) is 136 Å². The molecule has 12 aromatic rings. The molecule has 9 aromatic carbocycles. The van der Waals surface area contributed by atoms with Crippen molar-refractivity contribution in [3.05, 3.63) is 330 Å². The summed E-state index contributed by atoms with van der Waals surface area (Å²) in [5.41, 5.74) is 21.8. The molecule has 6 nitrogen and oxygen atoms in total. The summed E-state index contributed by atoms with van der Waals surface area (Å²) in [5.74, 6) is 6.06. The quantitative estimate of drug-likeness (QED) is 0.0950. The van der Waals surface area contributed by atoms with Gasteiger partial charge < -0.3 is 28.0 Å². The topological polar surface area (TPSA) is 49.1 Å². The minimum atomic E-state index is -0.259. The highest BCUT2D eigenvalue weighted by Gasteiger charge is 2.47. The van der Waals surface area contributed by atoms with Gasteiger partial charge in [0.2, 0.25) is 6.71 Å². The Morgan fingerprint density at radius 3 is 2.13 bits per heavy atom. The van der Waals surface area contributed by atoms with E-state index < -0.39 is 0 Å². The fourth-order valence-electron chi connectivity index (χ4n) is 14.9. The van der Waals surface area contributed by atoms with E-state index in [1.165, 1.54) is 44.0 Å². The van der Waals surface area contributed by atoms with E-state index in [1.807, 2.05) is 30.3 Å². The lowest BCUT2D eigenvalue weighted by Crippen LogP contribution is -2.55.